The minimum atomic E-state index is -0.913. The molecule has 0 spiro atoms. The maximum Gasteiger partial charge on any atom is 0.247 e. The Labute approximate surface area is 199 Å². The van der Waals surface area contributed by atoms with Crippen LogP contribution in [0.15, 0.2) is 48.7 Å². The molecule has 2 N–H and O–H groups in total. The lowest BCUT2D eigenvalue weighted by molar-refractivity contribution is -0.142. The molecule has 3 amide bonds. The SMILES string of the molecule is COCCNC(=O)[C@@H](c1ccc(OC)cc1)N(CCOC)C(=O)CCC(=O)Nc1ccccn1. The first kappa shape index (κ1) is 26.7. The molecule has 0 saturated heterocycles. The monoisotopic (exact) mass is 472 g/mol. The highest BCUT2D eigenvalue weighted by molar-refractivity contribution is 5.94. The van der Waals surface area contributed by atoms with E-state index in [4.69, 9.17) is 14.2 Å². The molecule has 10 heteroatoms. The first-order valence-corrected chi connectivity index (χ1v) is 10.9. The summed E-state index contributed by atoms with van der Waals surface area (Å²) in [5.41, 5.74) is 0.609. The van der Waals surface area contributed by atoms with E-state index in [0.717, 1.165) is 0 Å². The van der Waals surface area contributed by atoms with Crippen LogP contribution in [0.3, 0.4) is 0 Å². The van der Waals surface area contributed by atoms with Crippen LogP contribution in [0, 0.1) is 0 Å². The molecule has 0 fully saturated rings. The van der Waals surface area contributed by atoms with Crippen molar-refractivity contribution in [3.63, 3.8) is 0 Å². The van der Waals surface area contributed by atoms with Gasteiger partial charge < -0.3 is 29.7 Å². The van der Waals surface area contributed by atoms with Gasteiger partial charge in [-0.25, -0.2) is 4.98 Å². The number of carbonyl (C=O) groups is 3. The molecular weight excluding hydrogens is 440 g/mol. The highest BCUT2D eigenvalue weighted by Gasteiger charge is 2.31. The number of pyridine rings is 1. The molecular formula is C24H32N4O6. The van der Waals surface area contributed by atoms with Gasteiger partial charge in [-0.15, -0.1) is 0 Å². The maximum absolute atomic E-state index is 13.2. The van der Waals surface area contributed by atoms with Gasteiger partial charge in [0.1, 0.15) is 17.6 Å². The lowest BCUT2D eigenvalue weighted by atomic mass is 10.0. The van der Waals surface area contributed by atoms with Crippen LogP contribution in [0.1, 0.15) is 24.4 Å². The van der Waals surface area contributed by atoms with Crippen LogP contribution in [0.5, 0.6) is 5.75 Å². The smallest absolute Gasteiger partial charge is 0.247 e. The molecule has 34 heavy (non-hydrogen) atoms. The second-order valence-electron chi connectivity index (χ2n) is 7.30. The van der Waals surface area contributed by atoms with Gasteiger partial charge in [-0.3, -0.25) is 14.4 Å². The van der Waals surface area contributed by atoms with Gasteiger partial charge in [-0.2, -0.15) is 0 Å². The number of nitrogens with one attached hydrogen (secondary N) is 2. The van der Waals surface area contributed by atoms with Crippen LogP contribution in [0.2, 0.25) is 0 Å². The molecule has 0 aliphatic heterocycles. The number of hydrogen-bond acceptors (Lipinski definition) is 7. The summed E-state index contributed by atoms with van der Waals surface area (Å²) in [5.74, 6) is -0.0158. The Kier molecular flexibility index (Phi) is 11.5. The molecule has 184 valence electrons. The zero-order valence-corrected chi connectivity index (χ0v) is 19.8. The molecule has 10 nitrogen and oxygen atoms in total. The number of methoxy groups -OCH3 is 3. The number of carbonyl (C=O) groups excluding carboxylic acids is 3. The summed E-state index contributed by atoms with van der Waals surface area (Å²) in [7, 11) is 4.61. The summed E-state index contributed by atoms with van der Waals surface area (Å²) in [5, 5.41) is 5.46. The van der Waals surface area contributed by atoms with Crippen LogP contribution in [0.25, 0.3) is 0 Å². The number of nitrogens with zero attached hydrogens (tertiary/aromatic N) is 2. The van der Waals surface area contributed by atoms with Crippen molar-refractivity contribution in [1.29, 1.82) is 0 Å². The maximum atomic E-state index is 13.2. The van der Waals surface area contributed by atoms with E-state index in [0.29, 0.717) is 30.3 Å². The van der Waals surface area contributed by atoms with Crippen LogP contribution >= 0.6 is 0 Å². The number of ether oxygens (including phenoxy) is 3. The second kappa shape index (κ2) is 14.6. The van der Waals surface area contributed by atoms with Crippen LogP contribution in [0.4, 0.5) is 5.82 Å². The van der Waals surface area contributed by atoms with Crippen molar-refractivity contribution in [3.05, 3.63) is 54.2 Å². The summed E-state index contributed by atoms with van der Waals surface area (Å²) in [6.07, 6.45) is 1.43. The fourth-order valence-corrected chi connectivity index (χ4v) is 3.23. The second-order valence-corrected chi connectivity index (χ2v) is 7.30. The zero-order valence-electron chi connectivity index (χ0n) is 19.8. The van der Waals surface area contributed by atoms with Crippen LogP contribution < -0.4 is 15.4 Å². The molecule has 0 bridgehead atoms. The molecule has 1 aromatic heterocycles. The third-order valence-corrected chi connectivity index (χ3v) is 4.95. The van der Waals surface area contributed by atoms with E-state index in [2.05, 4.69) is 15.6 Å². The molecule has 0 aliphatic rings. The van der Waals surface area contributed by atoms with Gasteiger partial charge in [0.15, 0.2) is 0 Å². The van der Waals surface area contributed by atoms with Crippen LogP contribution in [-0.2, 0) is 23.9 Å². The molecule has 0 aliphatic carbocycles. The predicted molar refractivity (Wildman–Crippen MR) is 126 cm³/mol. The third-order valence-electron chi connectivity index (χ3n) is 4.95. The molecule has 1 heterocycles. The molecule has 0 saturated carbocycles. The molecule has 0 radical (unpaired) electrons. The highest BCUT2D eigenvalue weighted by Crippen LogP contribution is 2.25. The standard InChI is InChI=1S/C24H32N4O6/c1-32-16-14-26-24(31)23(18-7-9-19(34-3)10-8-18)28(15-17-33-2)22(30)12-11-21(29)27-20-6-4-5-13-25-20/h4-10,13,23H,11-12,14-17H2,1-3H3,(H,26,31)(H,25,27,29)/t23-/m1/s1. The zero-order chi connectivity index (χ0) is 24.8. The van der Waals surface area contributed by atoms with Crippen molar-refractivity contribution in [1.82, 2.24) is 15.2 Å². The summed E-state index contributed by atoms with van der Waals surface area (Å²) in [6, 6.07) is 11.2. The van der Waals surface area contributed by atoms with Crippen molar-refractivity contribution in [2.45, 2.75) is 18.9 Å². The number of anilines is 1. The molecule has 2 aromatic rings. The minimum Gasteiger partial charge on any atom is -0.497 e. The van der Waals surface area contributed by atoms with Crippen molar-refractivity contribution in [2.75, 3.05) is 52.9 Å². The van der Waals surface area contributed by atoms with Crippen molar-refractivity contribution >= 4 is 23.5 Å². The van der Waals surface area contributed by atoms with E-state index in [-0.39, 0.29) is 43.7 Å². The first-order chi connectivity index (χ1) is 16.5. The van der Waals surface area contributed by atoms with Gasteiger partial charge in [0.25, 0.3) is 0 Å². The van der Waals surface area contributed by atoms with E-state index in [9.17, 15) is 14.4 Å². The van der Waals surface area contributed by atoms with Crippen molar-refractivity contribution in [3.8, 4) is 5.75 Å². The normalized spacial score (nSPS) is 11.4. The van der Waals surface area contributed by atoms with E-state index < -0.39 is 6.04 Å². The highest BCUT2D eigenvalue weighted by atomic mass is 16.5. The number of rotatable bonds is 14. The van der Waals surface area contributed by atoms with Gasteiger partial charge >= 0.3 is 0 Å². The average molecular weight is 473 g/mol. The molecule has 1 aromatic carbocycles. The van der Waals surface area contributed by atoms with E-state index in [1.807, 2.05) is 0 Å². The lowest BCUT2D eigenvalue weighted by Gasteiger charge is -2.31. The van der Waals surface area contributed by atoms with E-state index >= 15 is 0 Å². The lowest BCUT2D eigenvalue weighted by Crippen LogP contribution is -2.45. The Hall–Kier alpha value is -3.50. The van der Waals surface area contributed by atoms with E-state index in [1.165, 1.54) is 19.1 Å². The summed E-state index contributed by atoms with van der Waals surface area (Å²) in [6.45, 7) is 1.02. The van der Waals surface area contributed by atoms with Gasteiger partial charge in [-0.1, -0.05) is 18.2 Å². The summed E-state index contributed by atoms with van der Waals surface area (Å²) >= 11 is 0. The topological polar surface area (TPSA) is 119 Å². The molecule has 0 unspecified atom stereocenters. The van der Waals surface area contributed by atoms with Gasteiger partial charge in [0.05, 0.1) is 20.3 Å². The Morgan fingerprint density at radius 3 is 2.32 bits per heavy atom. The summed E-state index contributed by atoms with van der Waals surface area (Å²) < 4.78 is 15.4. The van der Waals surface area contributed by atoms with E-state index in [1.54, 1.807) is 55.8 Å². The number of amides is 3. The first-order valence-electron chi connectivity index (χ1n) is 10.9. The number of benzene rings is 1. The van der Waals surface area contributed by atoms with Gasteiger partial charge in [-0.05, 0) is 29.8 Å². The fourth-order valence-electron chi connectivity index (χ4n) is 3.23. The Bertz CT molecular complexity index is 907. The molecule has 1 atom stereocenters. The quantitative estimate of drug-likeness (QED) is 0.402. The Morgan fingerprint density at radius 1 is 0.971 bits per heavy atom. The van der Waals surface area contributed by atoms with Crippen molar-refractivity contribution < 1.29 is 28.6 Å². The third kappa shape index (κ3) is 8.45. The van der Waals surface area contributed by atoms with Crippen LogP contribution in [-0.4, -0.2) is 75.2 Å². The number of hydrogen-bond donors (Lipinski definition) is 2. The Balaban J connectivity index is 2.19. The number of aromatic nitrogens is 1. The van der Waals surface area contributed by atoms with Gasteiger partial charge in [0.2, 0.25) is 17.7 Å². The Morgan fingerprint density at radius 2 is 1.71 bits per heavy atom. The minimum absolute atomic E-state index is 0.0560. The predicted octanol–water partition coefficient (Wildman–Crippen LogP) is 1.79. The fraction of sp³-hybridized carbons (Fsp3) is 0.417. The average Bonchev–Trinajstić information content (AvgIpc) is 2.86. The largest absolute Gasteiger partial charge is 0.497 e. The van der Waals surface area contributed by atoms with Gasteiger partial charge in [0, 0.05) is 46.3 Å². The summed E-state index contributed by atoms with van der Waals surface area (Å²) in [4.78, 5) is 44.2. The van der Waals surface area contributed by atoms with Crippen molar-refractivity contribution in [2.24, 2.45) is 0 Å². The molecule has 2 rings (SSSR count).